The van der Waals surface area contributed by atoms with Crippen molar-refractivity contribution >= 4 is 14.9 Å². The second-order valence-corrected chi connectivity index (χ2v) is 8.36. The molecule has 0 unspecified atom stereocenters. The minimum absolute atomic E-state index is 0.695. The Bertz CT molecular complexity index is 407. The van der Waals surface area contributed by atoms with E-state index in [1.54, 1.807) is 0 Å². The van der Waals surface area contributed by atoms with Gasteiger partial charge in [-0.3, -0.25) is 0 Å². The zero-order valence-corrected chi connectivity index (χ0v) is 16.6. The summed E-state index contributed by atoms with van der Waals surface area (Å²) in [5.74, 6) is 0. The lowest BCUT2D eigenvalue weighted by Crippen LogP contribution is -2.45. The van der Waals surface area contributed by atoms with Crippen LogP contribution in [0.25, 0.3) is 6.08 Å². The fourth-order valence-electron chi connectivity index (χ4n) is 2.11. The van der Waals surface area contributed by atoms with Crippen molar-refractivity contribution < 1.29 is 13.3 Å². The molecule has 0 spiro atoms. The van der Waals surface area contributed by atoms with Crippen molar-refractivity contribution in [1.29, 1.82) is 0 Å². The van der Waals surface area contributed by atoms with E-state index in [9.17, 15) is 0 Å². The van der Waals surface area contributed by atoms with E-state index < -0.39 is 8.80 Å². The summed E-state index contributed by atoms with van der Waals surface area (Å²) >= 11 is 0. The van der Waals surface area contributed by atoms with Gasteiger partial charge in [-0.25, -0.2) is 0 Å². The molecule has 4 heteroatoms. The summed E-state index contributed by atoms with van der Waals surface area (Å²) < 4.78 is 18.6. The molecular formula is C20H34O3Si. The first kappa shape index (κ1) is 21.1. The second kappa shape index (κ2) is 13.4. The molecule has 0 saturated heterocycles. The third kappa shape index (κ3) is 8.78. The van der Waals surface area contributed by atoms with E-state index in [1.165, 1.54) is 0 Å². The zero-order chi connectivity index (χ0) is 17.5. The molecule has 1 aromatic rings. The predicted molar refractivity (Wildman–Crippen MR) is 104 cm³/mol. The van der Waals surface area contributed by atoms with E-state index >= 15 is 0 Å². The van der Waals surface area contributed by atoms with Crippen molar-refractivity contribution in [1.82, 2.24) is 0 Å². The molecule has 136 valence electrons. The molecule has 0 atom stereocenters. The summed E-state index contributed by atoms with van der Waals surface area (Å²) in [5.41, 5.74) is 3.20. The van der Waals surface area contributed by atoms with Gasteiger partial charge in [0.25, 0.3) is 0 Å². The topological polar surface area (TPSA) is 27.7 Å². The van der Waals surface area contributed by atoms with Crippen LogP contribution >= 0.6 is 0 Å². The molecule has 0 radical (unpaired) electrons. The standard InChI is InChI=1S/C20H34O3Si/c1-4-7-16-21-24(22-17-8-5-2,23-18-9-6-3)19-15-20-13-11-10-12-14-20/h10-15,19H,4-9,16-18H2,1-3H3/b19-15+. The van der Waals surface area contributed by atoms with Gasteiger partial charge in [0.05, 0.1) is 0 Å². The Kier molecular flexibility index (Phi) is 11.7. The Morgan fingerprint density at radius 3 is 1.62 bits per heavy atom. The largest absolute Gasteiger partial charge is 0.529 e. The van der Waals surface area contributed by atoms with E-state index in [4.69, 9.17) is 13.3 Å². The molecule has 0 aliphatic rings. The first-order valence-corrected chi connectivity index (χ1v) is 11.2. The van der Waals surface area contributed by atoms with Crippen molar-refractivity contribution in [3.8, 4) is 0 Å². The molecule has 0 N–H and O–H groups in total. The van der Waals surface area contributed by atoms with E-state index in [1.807, 2.05) is 18.2 Å². The van der Waals surface area contributed by atoms with Crippen molar-refractivity contribution in [3.05, 3.63) is 41.6 Å². The lowest BCUT2D eigenvalue weighted by Gasteiger charge is -2.27. The fraction of sp³-hybridized carbons (Fsp3) is 0.600. The summed E-state index contributed by atoms with van der Waals surface area (Å²) in [6.45, 7) is 8.59. The lowest BCUT2D eigenvalue weighted by atomic mass is 10.2. The first-order valence-electron chi connectivity index (χ1n) is 9.42. The summed E-state index contributed by atoms with van der Waals surface area (Å²) in [7, 11) is -2.77. The molecule has 1 aromatic carbocycles. The van der Waals surface area contributed by atoms with Crippen LogP contribution in [0, 0.1) is 0 Å². The Balaban J connectivity index is 2.85. The molecule has 24 heavy (non-hydrogen) atoms. The Morgan fingerprint density at radius 2 is 1.21 bits per heavy atom. The predicted octanol–water partition coefficient (Wildman–Crippen LogP) is 5.63. The molecule has 0 amide bonds. The van der Waals surface area contributed by atoms with Crippen LogP contribution in [0.1, 0.15) is 64.9 Å². The van der Waals surface area contributed by atoms with Crippen LogP contribution in [-0.2, 0) is 13.3 Å². The van der Waals surface area contributed by atoms with Crippen molar-refractivity contribution in [3.63, 3.8) is 0 Å². The quantitative estimate of drug-likeness (QED) is 0.321. The second-order valence-electron chi connectivity index (χ2n) is 5.95. The average molecular weight is 351 g/mol. The van der Waals surface area contributed by atoms with Crippen LogP contribution in [0.2, 0.25) is 0 Å². The third-order valence-corrected chi connectivity index (χ3v) is 6.08. The zero-order valence-electron chi connectivity index (χ0n) is 15.6. The molecule has 0 aliphatic heterocycles. The van der Waals surface area contributed by atoms with Crippen LogP contribution in [0.15, 0.2) is 36.0 Å². The van der Waals surface area contributed by atoms with Crippen LogP contribution < -0.4 is 0 Å². The highest BCUT2D eigenvalue weighted by molar-refractivity contribution is 6.67. The number of unbranched alkanes of at least 4 members (excludes halogenated alkanes) is 3. The van der Waals surface area contributed by atoms with Crippen molar-refractivity contribution in [2.45, 2.75) is 59.3 Å². The van der Waals surface area contributed by atoms with E-state index in [-0.39, 0.29) is 0 Å². The van der Waals surface area contributed by atoms with Gasteiger partial charge in [0.1, 0.15) is 0 Å². The highest BCUT2D eigenvalue weighted by Crippen LogP contribution is 2.17. The maximum atomic E-state index is 6.19. The lowest BCUT2D eigenvalue weighted by molar-refractivity contribution is 0.0687. The van der Waals surface area contributed by atoms with Crippen molar-refractivity contribution in [2.75, 3.05) is 19.8 Å². The molecule has 0 bridgehead atoms. The maximum absolute atomic E-state index is 6.19. The van der Waals surface area contributed by atoms with Crippen LogP contribution in [0.4, 0.5) is 0 Å². The summed E-state index contributed by atoms with van der Waals surface area (Å²) in [5, 5.41) is 0. The van der Waals surface area contributed by atoms with Gasteiger partial charge in [0.2, 0.25) is 0 Å². The Hall–Kier alpha value is -0.943. The minimum Gasteiger partial charge on any atom is -0.370 e. The van der Waals surface area contributed by atoms with Gasteiger partial charge < -0.3 is 13.3 Å². The van der Waals surface area contributed by atoms with E-state index in [0.717, 1.165) is 44.1 Å². The normalized spacial score (nSPS) is 12.1. The van der Waals surface area contributed by atoms with Gasteiger partial charge in [-0.1, -0.05) is 76.4 Å². The summed E-state index contributed by atoms with van der Waals surface area (Å²) in [6.07, 6.45) is 8.49. The Morgan fingerprint density at radius 1 is 0.750 bits per heavy atom. The van der Waals surface area contributed by atoms with Gasteiger partial charge >= 0.3 is 8.80 Å². The summed E-state index contributed by atoms with van der Waals surface area (Å²) in [6, 6.07) is 10.3. The van der Waals surface area contributed by atoms with Gasteiger partial charge in [0.15, 0.2) is 0 Å². The van der Waals surface area contributed by atoms with Gasteiger partial charge in [-0.05, 0) is 30.5 Å². The molecular weight excluding hydrogens is 316 g/mol. The molecule has 0 aliphatic carbocycles. The van der Waals surface area contributed by atoms with Crippen LogP contribution in [-0.4, -0.2) is 28.6 Å². The van der Waals surface area contributed by atoms with Gasteiger partial charge in [-0.2, -0.15) is 0 Å². The van der Waals surface area contributed by atoms with E-state index in [0.29, 0.717) is 19.8 Å². The molecule has 0 saturated carbocycles. The first-order chi connectivity index (χ1) is 11.8. The Labute approximate surface area is 149 Å². The molecule has 1 rings (SSSR count). The van der Waals surface area contributed by atoms with Crippen LogP contribution in [0.5, 0.6) is 0 Å². The fourth-order valence-corrected chi connectivity index (χ4v) is 4.33. The van der Waals surface area contributed by atoms with Crippen molar-refractivity contribution in [2.24, 2.45) is 0 Å². The number of rotatable bonds is 14. The van der Waals surface area contributed by atoms with E-state index in [2.05, 4.69) is 44.7 Å². The monoisotopic (exact) mass is 350 g/mol. The SMILES string of the molecule is CCCCO[Si](/C=C/c1ccccc1)(OCCCC)OCCCC. The molecule has 0 heterocycles. The summed E-state index contributed by atoms with van der Waals surface area (Å²) in [4.78, 5) is 0. The highest BCUT2D eigenvalue weighted by Gasteiger charge is 2.38. The molecule has 0 fully saturated rings. The maximum Gasteiger partial charge on any atom is 0.529 e. The van der Waals surface area contributed by atoms with Crippen LogP contribution in [0.3, 0.4) is 0 Å². The smallest absolute Gasteiger partial charge is 0.370 e. The molecule has 0 aromatic heterocycles. The van der Waals surface area contributed by atoms with Gasteiger partial charge in [-0.15, -0.1) is 0 Å². The number of benzene rings is 1. The highest BCUT2D eigenvalue weighted by atomic mass is 28.4. The van der Waals surface area contributed by atoms with Gasteiger partial charge in [0, 0.05) is 19.8 Å². The minimum atomic E-state index is -2.77. The average Bonchev–Trinajstić information content (AvgIpc) is 2.61. The number of hydrogen-bond donors (Lipinski definition) is 0. The third-order valence-electron chi connectivity index (χ3n) is 3.68. The molecule has 3 nitrogen and oxygen atoms in total. The number of hydrogen-bond acceptors (Lipinski definition) is 3.